The number of aliphatic hydroxyl groups is 1. The van der Waals surface area contributed by atoms with Gasteiger partial charge in [0.2, 0.25) is 0 Å². The predicted octanol–water partition coefficient (Wildman–Crippen LogP) is 1.83. The summed E-state index contributed by atoms with van der Waals surface area (Å²) < 4.78 is 13.0. The van der Waals surface area contributed by atoms with Gasteiger partial charge in [-0.3, -0.25) is 4.79 Å². The quantitative estimate of drug-likeness (QED) is 0.614. The van der Waals surface area contributed by atoms with Crippen molar-refractivity contribution >= 4 is 16.9 Å². The highest BCUT2D eigenvalue weighted by Gasteiger charge is 2.42. The number of nitrogens with zero attached hydrogens (tertiary/aromatic N) is 3. The normalized spacial score (nSPS) is 16.5. The molecule has 3 aromatic rings. The number of phenols is 2. The molecule has 8 heteroatoms. The fraction of sp³-hybridized carbons (Fsp3) is 0.118. The van der Waals surface area contributed by atoms with E-state index in [1.54, 1.807) is 0 Å². The SMILES string of the molecule is O=C1c2c(c(O)c3nccnc3c2O)C(O)N1Cc1ccc(F)cc1. The Labute approximate surface area is 140 Å². The number of rotatable bonds is 2. The third-order valence-corrected chi connectivity index (χ3v) is 4.20. The average Bonchev–Trinajstić information content (AvgIpc) is 2.86. The molecule has 3 N–H and O–H groups in total. The first-order chi connectivity index (χ1) is 12.0. The number of fused-ring (bicyclic) bond motifs is 2. The van der Waals surface area contributed by atoms with Gasteiger partial charge in [-0.25, -0.2) is 14.4 Å². The number of benzene rings is 2. The molecule has 0 aliphatic carbocycles. The maximum Gasteiger partial charge on any atom is 0.260 e. The first kappa shape index (κ1) is 15.3. The maximum absolute atomic E-state index is 13.0. The van der Waals surface area contributed by atoms with Gasteiger partial charge >= 0.3 is 0 Å². The van der Waals surface area contributed by atoms with Crippen molar-refractivity contribution < 1.29 is 24.5 Å². The van der Waals surface area contributed by atoms with E-state index in [-0.39, 0.29) is 28.7 Å². The van der Waals surface area contributed by atoms with Gasteiger partial charge in [-0.05, 0) is 17.7 Å². The number of hydrogen-bond acceptors (Lipinski definition) is 6. The second-order valence-corrected chi connectivity index (χ2v) is 5.67. The van der Waals surface area contributed by atoms with Crippen molar-refractivity contribution in [2.75, 3.05) is 0 Å². The lowest BCUT2D eigenvalue weighted by Crippen LogP contribution is -2.27. The van der Waals surface area contributed by atoms with Crippen LogP contribution in [0.2, 0.25) is 0 Å². The summed E-state index contributed by atoms with van der Waals surface area (Å²) in [6, 6.07) is 5.45. The molecule has 1 aromatic heterocycles. The Morgan fingerprint density at radius 3 is 2.28 bits per heavy atom. The van der Waals surface area contributed by atoms with Gasteiger partial charge in [0.25, 0.3) is 5.91 Å². The van der Waals surface area contributed by atoms with Crippen LogP contribution >= 0.6 is 0 Å². The molecular weight excluding hydrogens is 329 g/mol. The van der Waals surface area contributed by atoms with Crippen LogP contribution in [0, 0.1) is 5.82 Å². The van der Waals surface area contributed by atoms with Crippen LogP contribution in [0.4, 0.5) is 4.39 Å². The summed E-state index contributed by atoms with van der Waals surface area (Å²) in [6.45, 7) is -0.0228. The van der Waals surface area contributed by atoms with Crippen molar-refractivity contribution in [1.29, 1.82) is 0 Å². The first-order valence-electron chi connectivity index (χ1n) is 7.41. The Hall–Kier alpha value is -3.26. The van der Waals surface area contributed by atoms with Crippen molar-refractivity contribution in [1.82, 2.24) is 14.9 Å². The lowest BCUT2D eigenvalue weighted by Gasteiger charge is -2.21. The van der Waals surface area contributed by atoms with Crippen LogP contribution in [0.15, 0.2) is 36.7 Å². The van der Waals surface area contributed by atoms with Crippen molar-refractivity contribution in [2.24, 2.45) is 0 Å². The number of aromatic nitrogens is 2. The molecule has 0 bridgehead atoms. The van der Waals surface area contributed by atoms with E-state index in [0.717, 1.165) is 4.90 Å². The maximum atomic E-state index is 13.0. The molecule has 126 valence electrons. The minimum atomic E-state index is -1.47. The monoisotopic (exact) mass is 341 g/mol. The number of halogens is 1. The van der Waals surface area contributed by atoms with Crippen LogP contribution in [0.3, 0.4) is 0 Å². The molecule has 2 heterocycles. The number of carbonyl (C=O) groups is 1. The van der Waals surface area contributed by atoms with Gasteiger partial charge in [-0.1, -0.05) is 12.1 Å². The molecule has 25 heavy (non-hydrogen) atoms. The van der Waals surface area contributed by atoms with Crippen LogP contribution in [-0.2, 0) is 6.54 Å². The summed E-state index contributed by atoms with van der Waals surface area (Å²) in [5.41, 5.74) is 0.233. The van der Waals surface area contributed by atoms with Crippen LogP contribution in [0.1, 0.15) is 27.7 Å². The number of hydrogen-bond donors (Lipinski definition) is 3. The van der Waals surface area contributed by atoms with Crippen molar-refractivity contribution in [3.05, 3.63) is 59.2 Å². The highest BCUT2D eigenvalue weighted by Crippen LogP contribution is 2.46. The van der Waals surface area contributed by atoms with E-state index < -0.39 is 29.5 Å². The van der Waals surface area contributed by atoms with E-state index in [2.05, 4.69) is 9.97 Å². The predicted molar refractivity (Wildman–Crippen MR) is 84.1 cm³/mol. The molecule has 1 amide bonds. The highest BCUT2D eigenvalue weighted by molar-refractivity contribution is 6.08. The summed E-state index contributed by atoms with van der Waals surface area (Å²) in [4.78, 5) is 21.6. The molecule has 0 spiro atoms. The molecule has 1 aliphatic rings. The van der Waals surface area contributed by atoms with Crippen molar-refractivity contribution in [3.8, 4) is 11.5 Å². The molecule has 0 saturated carbocycles. The molecular formula is C17H12FN3O4. The van der Waals surface area contributed by atoms with Crippen LogP contribution in [-0.4, -0.2) is 36.1 Å². The van der Waals surface area contributed by atoms with Gasteiger partial charge in [-0.15, -0.1) is 0 Å². The summed E-state index contributed by atoms with van der Waals surface area (Å²) in [7, 11) is 0. The fourth-order valence-corrected chi connectivity index (χ4v) is 3.00. The molecule has 2 aromatic carbocycles. The number of aromatic hydroxyl groups is 2. The molecule has 7 nitrogen and oxygen atoms in total. The summed E-state index contributed by atoms with van der Waals surface area (Å²) in [5, 5.41) is 31.3. The van der Waals surface area contributed by atoms with E-state index >= 15 is 0 Å². The first-order valence-corrected chi connectivity index (χ1v) is 7.41. The Morgan fingerprint density at radius 1 is 1.04 bits per heavy atom. The topological polar surface area (TPSA) is 107 Å². The summed E-state index contributed by atoms with van der Waals surface area (Å²) in [6.07, 6.45) is 1.18. The number of amides is 1. The van der Waals surface area contributed by atoms with Crippen molar-refractivity contribution in [2.45, 2.75) is 12.8 Å². The zero-order valence-electron chi connectivity index (χ0n) is 12.7. The second kappa shape index (κ2) is 5.38. The summed E-state index contributed by atoms with van der Waals surface area (Å²) in [5.74, 6) is -1.92. The lowest BCUT2D eigenvalue weighted by molar-refractivity contribution is 0.0129. The third-order valence-electron chi connectivity index (χ3n) is 4.20. The number of phenolic OH excluding ortho intramolecular Hbond substituents is 2. The van der Waals surface area contributed by atoms with Gasteiger partial charge in [0.15, 0.2) is 17.7 Å². The third kappa shape index (κ3) is 2.18. The molecule has 4 rings (SSSR count). The van der Waals surface area contributed by atoms with E-state index in [9.17, 15) is 24.5 Å². The Kier molecular flexibility index (Phi) is 3.29. The van der Waals surface area contributed by atoms with E-state index in [0.29, 0.717) is 5.56 Å². The van der Waals surface area contributed by atoms with Gasteiger partial charge in [0.1, 0.15) is 16.9 Å². The zero-order valence-corrected chi connectivity index (χ0v) is 12.7. The van der Waals surface area contributed by atoms with E-state index in [4.69, 9.17) is 0 Å². The minimum absolute atomic E-state index is 0.00534. The van der Waals surface area contributed by atoms with Crippen LogP contribution in [0.25, 0.3) is 11.0 Å². The molecule has 0 radical (unpaired) electrons. The molecule has 1 aliphatic heterocycles. The van der Waals surface area contributed by atoms with Crippen LogP contribution < -0.4 is 0 Å². The standard InChI is InChI=1S/C17H12FN3O4/c18-9-3-1-8(2-4-9)7-21-16(24)10-11(17(21)25)15(23)13-12(14(10)22)19-5-6-20-13/h1-6,16,22-24H,7H2. The van der Waals surface area contributed by atoms with Gasteiger partial charge in [0, 0.05) is 18.9 Å². The largest absolute Gasteiger partial charge is 0.505 e. The van der Waals surface area contributed by atoms with E-state index in [1.165, 1.54) is 36.7 Å². The average molecular weight is 341 g/mol. The van der Waals surface area contributed by atoms with Gasteiger partial charge in [0.05, 0.1) is 11.1 Å². The van der Waals surface area contributed by atoms with Gasteiger partial charge in [-0.2, -0.15) is 0 Å². The summed E-state index contributed by atoms with van der Waals surface area (Å²) >= 11 is 0. The van der Waals surface area contributed by atoms with Crippen molar-refractivity contribution in [3.63, 3.8) is 0 Å². The minimum Gasteiger partial charge on any atom is -0.505 e. The fourth-order valence-electron chi connectivity index (χ4n) is 3.00. The van der Waals surface area contributed by atoms with Crippen LogP contribution in [0.5, 0.6) is 11.5 Å². The number of aliphatic hydroxyl groups excluding tert-OH is 1. The van der Waals surface area contributed by atoms with Gasteiger partial charge < -0.3 is 20.2 Å². The van der Waals surface area contributed by atoms with E-state index in [1.807, 2.05) is 0 Å². The Morgan fingerprint density at radius 2 is 1.64 bits per heavy atom. The molecule has 1 atom stereocenters. The molecule has 1 unspecified atom stereocenters. The second-order valence-electron chi connectivity index (χ2n) is 5.67. The molecule has 0 fully saturated rings. The lowest BCUT2D eigenvalue weighted by atomic mass is 10.0. The zero-order chi connectivity index (χ0) is 17.7. The smallest absolute Gasteiger partial charge is 0.260 e. The Balaban J connectivity index is 1.83. The molecule has 0 saturated heterocycles. The Bertz CT molecular complexity index is 1010. The highest BCUT2D eigenvalue weighted by atomic mass is 19.1. The number of carbonyl (C=O) groups excluding carboxylic acids is 1.